The van der Waals surface area contributed by atoms with Gasteiger partial charge in [0.1, 0.15) is 12.7 Å². The Morgan fingerprint density at radius 2 is 1.82 bits per heavy atom. The van der Waals surface area contributed by atoms with Gasteiger partial charge in [0.15, 0.2) is 11.5 Å². The number of rotatable bonds is 2. The highest BCUT2D eigenvalue weighted by Crippen LogP contribution is 2.36. The first-order valence-electron chi connectivity index (χ1n) is 5.80. The number of benzene rings is 2. The second kappa shape index (κ2) is 4.26. The van der Waals surface area contributed by atoms with Crippen LogP contribution in [0.5, 0.6) is 11.5 Å². The van der Waals surface area contributed by atoms with Crippen LogP contribution in [-0.2, 0) is 0 Å². The van der Waals surface area contributed by atoms with Crippen LogP contribution in [0.1, 0.15) is 6.42 Å². The zero-order chi connectivity index (χ0) is 11.7. The van der Waals surface area contributed by atoms with E-state index in [4.69, 9.17) is 14.6 Å². The molecule has 1 unspecified atom stereocenters. The quantitative estimate of drug-likeness (QED) is 0.860. The Hall–Kier alpha value is -1.74. The van der Waals surface area contributed by atoms with Gasteiger partial charge < -0.3 is 14.6 Å². The second-order valence-corrected chi connectivity index (χ2v) is 4.21. The van der Waals surface area contributed by atoms with E-state index in [1.807, 2.05) is 24.3 Å². The molecule has 88 valence electrons. The van der Waals surface area contributed by atoms with Gasteiger partial charge in [0.05, 0.1) is 0 Å². The van der Waals surface area contributed by atoms with Gasteiger partial charge in [-0.05, 0) is 22.9 Å². The number of aliphatic hydroxyl groups is 1. The molecule has 1 aliphatic rings. The third-order valence-corrected chi connectivity index (χ3v) is 2.98. The van der Waals surface area contributed by atoms with Crippen LogP contribution < -0.4 is 9.47 Å². The molecular weight excluding hydrogens is 216 g/mol. The van der Waals surface area contributed by atoms with E-state index in [0.29, 0.717) is 13.0 Å². The first-order chi connectivity index (χ1) is 8.36. The number of fused-ring (bicyclic) bond motifs is 2. The summed E-state index contributed by atoms with van der Waals surface area (Å²) >= 11 is 0. The minimum atomic E-state index is -0.0475. The summed E-state index contributed by atoms with van der Waals surface area (Å²) in [4.78, 5) is 0. The highest BCUT2D eigenvalue weighted by Gasteiger charge is 2.20. The normalized spacial score (nSPS) is 18.3. The number of aliphatic hydroxyl groups excluding tert-OH is 1. The Balaban J connectivity index is 1.99. The van der Waals surface area contributed by atoms with Crippen LogP contribution in [0.25, 0.3) is 10.8 Å². The molecule has 0 radical (unpaired) electrons. The number of ether oxygens (including phenoxy) is 2. The van der Waals surface area contributed by atoms with Crippen LogP contribution in [0, 0.1) is 0 Å². The average molecular weight is 230 g/mol. The molecule has 1 atom stereocenters. The summed E-state index contributed by atoms with van der Waals surface area (Å²) in [6.45, 7) is 0.628. The summed E-state index contributed by atoms with van der Waals surface area (Å²) in [7, 11) is 0. The van der Waals surface area contributed by atoms with Gasteiger partial charge in [-0.25, -0.2) is 0 Å². The molecular formula is C14H14O3. The number of hydrogen-bond acceptors (Lipinski definition) is 3. The highest BCUT2D eigenvalue weighted by molar-refractivity contribution is 5.86. The molecule has 1 aliphatic heterocycles. The molecule has 3 rings (SSSR count). The van der Waals surface area contributed by atoms with Gasteiger partial charge in [0.2, 0.25) is 0 Å². The Bertz CT molecular complexity index is 536. The van der Waals surface area contributed by atoms with Crippen molar-refractivity contribution in [2.75, 3.05) is 13.2 Å². The van der Waals surface area contributed by atoms with Gasteiger partial charge in [-0.2, -0.15) is 0 Å². The minimum Gasteiger partial charge on any atom is -0.486 e. The Kier molecular flexibility index (Phi) is 2.61. The van der Waals surface area contributed by atoms with Crippen molar-refractivity contribution in [3.8, 4) is 11.5 Å². The SMILES string of the molecule is OCCC1COc2cc3ccccc3cc2O1. The monoisotopic (exact) mass is 230 g/mol. The summed E-state index contributed by atoms with van der Waals surface area (Å²) in [5, 5.41) is 11.2. The zero-order valence-corrected chi connectivity index (χ0v) is 9.43. The van der Waals surface area contributed by atoms with Gasteiger partial charge >= 0.3 is 0 Å². The fourth-order valence-electron chi connectivity index (χ4n) is 2.09. The fourth-order valence-corrected chi connectivity index (χ4v) is 2.09. The van der Waals surface area contributed by atoms with Crippen molar-refractivity contribution in [1.29, 1.82) is 0 Å². The molecule has 0 aromatic heterocycles. The third kappa shape index (κ3) is 1.94. The van der Waals surface area contributed by atoms with Crippen LogP contribution in [0.2, 0.25) is 0 Å². The van der Waals surface area contributed by atoms with E-state index in [-0.39, 0.29) is 12.7 Å². The van der Waals surface area contributed by atoms with E-state index in [1.165, 1.54) is 0 Å². The van der Waals surface area contributed by atoms with Crippen molar-refractivity contribution in [2.45, 2.75) is 12.5 Å². The van der Waals surface area contributed by atoms with Crippen LogP contribution in [0.15, 0.2) is 36.4 Å². The summed E-state index contributed by atoms with van der Waals surface area (Å²) < 4.78 is 11.5. The van der Waals surface area contributed by atoms with Gasteiger partial charge in [0, 0.05) is 13.0 Å². The van der Waals surface area contributed by atoms with Crippen LogP contribution in [0.4, 0.5) is 0 Å². The van der Waals surface area contributed by atoms with Gasteiger partial charge in [-0.1, -0.05) is 24.3 Å². The minimum absolute atomic E-state index is 0.0475. The maximum atomic E-state index is 8.90. The summed E-state index contributed by atoms with van der Waals surface area (Å²) in [5.74, 6) is 1.56. The van der Waals surface area contributed by atoms with Crippen molar-refractivity contribution < 1.29 is 14.6 Å². The molecule has 0 spiro atoms. The predicted molar refractivity (Wildman–Crippen MR) is 65.6 cm³/mol. The van der Waals surface area contributed by atoms with E-state index >= 15 is 0 Å². The van der Waals surface area contributed by atoms with Crippen molar-refractivity contribution in [3.63, 3.8) is 0 Å². The van der Waals surface area contributed by atoms with Crippen LogP contribution >= 0.6 is 0 Å². The molecule has 1 N–H and O–H groups in total. The summed E-state index contributed by atoms with van der Waals surface area (Å²) in [5.41, 5.74) is 0. The molecule has 0 saturated heterocycles. The lowest BCUT2D eigenvalue weighted by atomic mass is 10.1. The van der Waals surface area contributed by atoms with Crippen molar-refractivity contribution in [1.82, 2.24) is 0 Å². The predicted octanol–water partition coefficient (Wildman–Crippen LogP) is 2.36. The van der Waals surface area contributed by atoms with E-state index in [1.54, 1.807) is 0 Å². The molecule has 17 heavy (non-hydrogen) atoms. The van der Waals surface area contributed by atoms with Crippen molar-refractivity contribution >= 4 is 10.8 Å². The van der Waals surface area contributed by atoms with Crippen LogP contribution in [-0.4, -0.2) is 24.4 Å². The summed E-state index contributed by atoms with van der Waals surface area (Å²) in [6.07, 6.45) is 0.556. The van der Waals surface area contributed by atoms with Crippen molar-refractivity contribution in [2.24, 2.45) is 0 Å². The van der Waals surface area contributed by atoms with Gasteiger partial charge in [0.25, 0.3) is 0 Å². The molecule has 0 fully saturated rings. The molecule has 1 heterocycles. The molecule has 3 nitrogen and oxygen atoms in total. The smallest absolute Gasteiger partial charge is 0.162 e. The maximum absolute atomic E-state index is 8.90. The lowest BCUT2D eigenvalue weighted by molar-refractivity contribution is 0.0707. The molecule has 2 aromatic rings. The second-order valence-electron chi connectivity index (χ2n) is 4.21. The lowest BCUT2D eigenvalue weighted by Crippen LogP contribution is -2.29. The molecule has 0 saturated carbocycles. The molecule has 0 amide bonds. The first-order valence-corrected chi connectivity index (χ1v) is 5.80. The van der Waals surface area contributed by atoms with Gasteiger partial charge in [-0.15, -0.1) is 0 Å². The highest BCUT2D eigenvalue weighted by atomic mass is 16.6. The third-order valence-electron chi connectivity index (χ3n) is 2.98. The standard InChI is InChI=1S/C14H14O3/c15-6-5-12-9-16-13-7-10-3-1-2-4-11(10)8-14(13)17-12/h1-4,7-8,12,15H,5-6,9H2. The fraction of sp³-hybridized carbons (Fsp3) is 0.286. The van der Waals surface area contributed by atoms with E-state index < -0.39 is 0 Å². The number of hydrogen-bond donors (Lipinski definition) is 1. The molecule has 2 aromatic carbocycles. The summed E-state index contributed by atoms with van der Waals surface area (Å²) in [6, 6.07) is 12.1. The largest absolute Gasteiger partial charge is 0.486 e. The molecule has 3 heteroatoms. The van der Waals surface area contributed by atoms with E-state index in [0.717, 1.165) is 22.3 Å². The Morgan fingerprint density at radius 1 is 1.12 bits per heavy atom. The maximum Gasteiger partial charge on any atom is 0.162 e. The molecule has 0 aliphatic carbocycles. The zero-order valence-electron chi connectivity index (χ0n) is 9.43. The van der Waals surface area contributed by atoms with E-state index in [9.17, 15) is 0 Å². The Labute approximate surface area is 99.6 Å². The van der Waals surface area contributed by atoms with E-state index in [2.05, 4.69) is 12.1 Å². The lowest BCUT2D eigenvalue weighted by Gasteiger charge is -2.26. The first kappa shape index (κ1) is 10.4. The van der Waals surface area contributed by atoms with Crippen molar-refractivity contribution in [3.05, 3.63) is 36.4 Å². The molecule has 0 bridgehead atoms. The van der Waals surface area contributed by atoms with Gasteiger partial charge in [-0.3, -0.25) is 0 Å². The Morgan fingerprint density at radius 3 is 2.53 bits per heavy atom. The topological polar surface area (TPSA) is 38.7 Å². The van der Waals surface area contributed by atoms with Crippen LogP contribution in [0.3, 0.4) is 0 Å². The average Bonchev–Trinajstić information content (AvgIpc) is 2.36.